The van der Waals surface area contributed by atoms with E-state index in [0.29, 0.717) is 31.0 Å². The second kappa shape index (κ2) is 8.03. The van der Waals surface area contributed by atoms with E-state index in [0.717, 1.165) is 13.1 Å². The number of aliphatic hydroxyl groups excluding tert-OH is 1. The monoisotopic (exact) mass is 355 g/mol. The number of rotatable bonds is 6. The fourth-order valence-electron chi connectivity index (χ4n) is 2.94. The minimum Gasteiger partial charge on any atom is -0.395 e. The molecule has 0 bridgehead atoms. The summed E-state index contributed by atoms with van der Waals surface area (Å²) in [6, 6.07) is 8.76. The van der Waals surface area contributed by atoms with Crippen LogP contribution in [-0.4, -0.2) is 71.0 Å². The molecule has 0 atom stereocenters. The molecule has 8 heteroatoms. The minimum atomic E-state index is -0.628. The Hall–Kier alpha value is -2.84. The summed E-state index contributed by atoms with van der Waals surface area (Å²) in [6.45, 7) is 3.41. The first-order valence-electron chi connectivity index (χ1n) is 8.45. The van der Waals surface area contributed by atoms with E-state index < -0.39 is 5.91 Å². The van der Waals surface area contributed by atoms with Gasteiger partial charge in [-0.1, -0.05) is 30.3 Å². The molecule has 3 N–H and O–H groups in total. The topological polar surface area (TPSA) is 113 Å². The van der Waals surface area contributed by atoms with Gasteiger partial charge in [0.2, 0.25) is 11.6 Å². The number of aromatic nitrogens is 2. The van der Waals surface area contributed by atoms with Crippen LogP contribution in [0.15, 0.2) is 36.5 Å². The van der Waals surface area contributed by atoms with Crippen LogP contribution in [0.2, 0.25) is 0 Å². The van der Waals surface area contributed by atoms with Crippen LogP contribution in [0, 0.1) is 0 Å². The third kappa shape index (κ3) is 3.87. The first-order valence-corrected chi connectivity index (χ1v) is 8.45. The Morgan fingerprint density at radius 3 is 2.42 bits per heavy atom. The van der Waals surface area contributed by atoms with Crippen LogP contribution in [-0.2, 0) is 0 Å². The molecule has 1 aliphatic rings. The van der Waals surface area contributed by atoms with E-state index in [1.54, 1.807) is 24.3 Å². The van der Waals surface area contributed by atoms with Crippen molar-refractivity contribution in [2.45, 2.75) is 0 Å². The highest BCUT2D eigenvalue weighted by molar-refractivity contribution is 6.07. The number of benzene rings is 1. The summed E-state index contributed by atoms with van der Waals surface area (Å²) >= 11 is 0. The van der Waals surface area contributed by atoms with E-state index in [1.807, 2.05) is 11.0 Å². The molecule has 0 saturated carbocycles. The lowest BCUT2D eigenvalue weighted by molar-refractivity contribution is 0.0993. The number of hydrogen-bond donors (Lipinski definition) is 2. The van der Waals surface area contributed by atoms with Crippen molar-refractivity contribution in [1.82, 2.24) is 14.9 Å². The number of β-amino-alcohol motifs (C(OH)–C–C–N with tert-alkyl or cyclic N) is 1. The number of carbonyl (C=O) groups is 2. The number of piperazine rings is 1. The lowest BCUT2D eigenvalue weighted by Crippen LogP contribution is -2.48. The van der Waals surface area contributed by atoms with Crippen molar-refractivity contribution in [2.75, 3.05) is 44.2 Å². The zero-order chi connectivity index (χ0) is 18.5. The molecule has 8 nitrogen and oxygen atoms in total. The van der Waals surface area contributed by atoms with Crippen LogP contribution in [0.25, 0.3) is 0 Å². The number of amides is 1. The van der Waals surface area contributed by atoms with Crippen molar-refractivity contribution in [2.24, 2.45) is 5.73 Å². The number of nitrogens with zero attached hydrogens (tertiary/aromatic N) is 4. The van der Waals surface area contributed by atoms with Gasteiger partial charge in [-0.15, -0.1) is 0 Å². The summed E-state index contributed by atoms with van der Waals surface area (Å²) < 4.78 is 0. The number of primary amides is 1. The van der Waals surface area contributed by atoms with E-state index >= 15 is 0 Å². The predicted molar refractivity (Wildman–Crippen MR) is 96.2 cm³/mol. The maximum Gasteiger partial charge on any atom is 0.254 e. The third-order valence-electron chi connectivity index (χ3n) is 4.36. The maximum atomic E-state index is 12.6. The van der Waals surface area contributed by atoms with Crippen LogP contribution in [0.1, 0.15) is 26.5 Å². The van der Waals surface area contributed by atoms with Gasteiger partial charge < -0.3 is 15.7 Å². The smallest absolute Gasteiger partial charge is 0.254 e. The second-order valence-corrected chi connectivity index (χ2v) is 6.04. The van der Waals surface area contributed by atoms with Crippen molar-refractivity contribution in [3.63, 3.8) is 0 Å². The van der Waals surface area contributed by atoms with Gasteiger partial charge in [-0.25, -0.2) is 9.97 Å². The molecule has 26 heavy (non-hydrogen) atoms. The lowest BCUT2D eigenvalue weighted by Gasteiger charge is -2.35. The molecular formula is C18H21N5O3. The Morgan fingerprint density at radius 1 is 1.12 bits per heavy atom. The van der Waals surface area contributed by atoms with Crippen molar-refractivity contribution in [3.05, 3.63) is 53.5 Å². The third-order valence-corrected chi connectivity index (χ3v) is 4.36. The molecule has 0 unspecified atom stereocenters. The van der Waals surface area contributed by atoms with Gasteiger partial charge in [-0.05, 0) is 0 Å². The molecule has 0 radical (unpaired) electrons. The summed E-state index contributed by atoms with van der Waals surface area (Å²) in [5.41, 5.74) is 6.14. The Kier molecular flexibility index (Phi) is 5.55. The SMILES string of the molecule is NC(=O)c1cnc(C(=O)c2ccccc2)nc1N1CCN(CCO)CC1. The molecule has 1 fully saturated rings. The van der Waals surface area contributed by atoms with Crippen molar-refractivity contribution in [3.8, 4) is 0 Å². The van der Waals surface area contributed by atoms with Gasteiger partial charge in [0.05, 0.1) is 6.61 Å². The molecular weight excluding hydrogens is 334 g/mol. The van der Waals surface area contributed by atoms with Crippen LogP contribution in [0.4, 0.5) is 5.82 Å². The number of anilines is 1. The normalized spacial score (nSPS) is 15.0. The summed E-state index contributed by atoms with van der Waals surface area (Å²) in [6.07, 6.45) is 1.32. The summed E-state index contributed by atoms with van der Waals surface area (Å²) in [7, 11) is 0. The largest absolute Gasteiger partial charge is 0.395 e. The van der Waals surface area contributed by atoms with E-state index in [2.05, 4.69) is 14.9 Å². The molecule has 1 amide bonds. The highest BCUT2D eigenvalue weighted by Gasteiger charge is 2.24. The number of carbonyl (C=O) groups excluding carboxylic acids is 2. The Labute approximate surface area is 151 Å². The van der Waals surface area contributed by atoms with Gasteiger partial charge in [-0.3, -0.25) is 14.5 Å². The maximum absolute atomic E-state index is 12.6. The first kappa shape index (κ1) is 18.0. The average Bonchev–Trinajstić information content (AvgIpc) is 2.68. The van der Waals surface area contributed by atoms with E-state index in [1.165, 1.54) is 6.20 Å². The molecule has 2 aromatic rings. The predicted octanol–water partition coefficient (Wildman–Crippen LogP) is -0.0792. The standard InChI is InChI=1S/C18H21N5O3/c19-16(26)14-12-20-17(15(25)13-4-2-1-3-5-13)21-18(14)23-8-6-22(7-9-23)10-11-24/h1-5,12,24H,6-11H2,(H2,19,26). The molecule has 0 spiro atoms. The minimum absolute atomic E-state index is 0.0361. The summed E-state index contributed by atoms with van der Waals surface area (Å²) in [4.78, 5) is 36.8. The first-order chi connectivity index (χ1) is 12.6. The molecule has 1 aromatic carbocycles. The molecule has 0 aliphatic carbocycles. The van der Waals surface area contributed by atoms with Gasteiger partial charge in [0.1, 0.15) is 11.4 Å². The van der Waals surface area contributed by atoms with Crippen LogP contribution in [0.3, 0.4) is 0 Å². The number of nitrogens with two attached hydrogens (primary N) is 1. The van der Waals surface area contributed by atoms with E-state index in [4.69, 9.17) is 10.8 Å². The number of hydrogen-bond acceptors (Lipinski definition) is 7. The molecule has 1 aromatic heterocycles. The van der Waals surface area contributed by atoms with E-state index in [-0.39, 0.29) is 23.8 Å². The molecule has 136 valence electrons. The van der Waals surface area contributed by atoms with E-state index in [9.17, 15) is 9.59 Å². The Morgan fingerprint density at radius 2 is 1.81 bits per heavy atom. The van der Waals surface area contributed by atoms with Crippen molar-refractivity contribution >= 4 is 17.5 Å². The lowest BCUT2D eigenvalue weighted by atomic mass is 10.1. The van der Waals surface area contributed by atoms with Crippen molar-refractivity contribution in [1.29, 1.82) is 0 Å². The molecule has 2 heterocycles. The van der Waals surface area contributed by atoms with Crippen LogP contribution in [0.5, 0.6) is 0 Å². The fraction of sp³-hybridized carbons (Fsp3) is 0.333. The quantitative estimate of drug-likeness (QED) is 0.697. The fourth-order valence-corrected chi connectivity index (χ4v) is 2.94. The highest BCUT2D eigenvalue weighted by atomic mass is 16.3. The van der Waals surface area contributed by atoms with Gasteiger partial charge in [0, 0.05) is 44.5 Å². The van der Waals surface area contributed by atoms with Crippen molar-refractivity contribution < 1.29 is 14.7 Å². The second-order valence-electron chi connectivity index (χ2n) is 6.04. The van der Waals surface area contributed by atoms with Crippen LogP contribution < -0.4 is 10.6 Å². The number of ketones is 1. The van der Waals surface area contributed by atoms with Gasteiger partial charge in [0.25, 0.3) is 5.91 Å². The highest BCUT2D eigenvalue weighted by Crippen LogP contribution is 2.20. The Balaban J connectivity index is 1.88. The molecule has 3 rings (SSSR count). The van der Waals surface area contributed by atoms with Gasteiger partial charge >= 0.3 is 0 Å². The average molecular weight is 355 g/mol. The Bertz CT molecular complexity index is 789. The summed E-state index contributed by atoms with van der Waals surface area (Å²) in [5.74, 6) is -0.511. The molecule has 1 aliphatic heterocycles. The zero-order valence-corrected chi connectivity index (χ0v) is 14.3. The van der Waals surface area contributed by atoms with Crippen LogP contribution >= 0.6 is 0 Å². The van der Waals surface area contributed by atoms with Gasteiger partial charge in [-0.2, -0.15) is 0 Å². The summed E-state index contributed by atoms with van der Waals surface area (Å²) in [5, 5.41) is 9.05. The van der Waals surface area contributed by atoms with Gasteiger partial charge in [0.15, 0.2) is 0 Å². The molecule has 1 saturated heterocycles. The number of aliphatic hydroxyl groups is 1. The zero-order valence-electron chi connectivity index (χ0n) is 14.3.